The van der Waals surface area contributed by atoms with E-state index in [-0.39, 0.29) is 0 Å². The van der Waals surface area contributed by atoms with Crippen LogP contribution in [0.3, 0.4) is 0 Å². The largest absolute Gasteiger partial charge is 0.493 e. The second-order valence-corrected chi connectivity index (χ2v) is 10.5. The molecule has 4 fully saturated rings. The van der Waals surface area contributed by atoms with Crippen molar-refractivity contribution < 1.29 is 9.47 Å². The highest BCUT2D eigenvalue weighted by Crippen LogP contribution is 2.53. The third kappa shape index (κ3) is 4.01. The normalized spacial score (nSPS) is 29.2. The third-order valence-corrected chi connectivity index (χ3v) is 8.34. The molecule has 0 spiro atoms. The van der Waals surface area contributed by atoms with E-state index in [2.05, 4.69) is 58.5 Å². The molecule has 0 unspecified atom stereocenters. The standard InChI is InChI=1S/C26H32BrNO2/c1-16-4-3-5-17(8-16)15-30-26-22(23(27)6-7-24(26)29-2)14-28-25-20-10-18-9-19(12-20)13-21(25)11-18/h3-8,18-21,25,28H,9-15H2,1-2H3. The van der Waals surface area contributed by atoms with Crippen LogP contribution in [-0.4, -0.2) is 13.2 Å². The van der Waals surface area contributed by atoms with Crippen LogP contribution in [0.2, 0.25) is 0 Å². The number of halogens is 1. The van der Waals surface area contributed by atoms with Gasteiger partial charge in [0.2, 0.25) is 0 Å². The van der Waals surface area contributed by atoms with Crippen LogP contribution < -0.4 is 14.8 Å². The highest BCUT2D eigenvalue weighted by molar-refractivity contribution is 9.10. The van der Waals surface area contributed by atoms with Crippen LogP contribution in [0.25, 0.3) is 0 Å². The monoisotopic (exact) mass is 469 g/mol. The average Bonchev–Trinajstić information content (AvgIpc) is 2.72. The molecule has 30 heavy (non-hydrogen) atoms. The van der Waals surface area contributed by atoms with E-state index in [4.69, 9.17) is 9.47 Å². The fourth-order valence-corrected chi connectivity index (χ4v) is 6.95. The van der Waals surface area contributed by atoms with Crippen molar-refractivity contribution in [3.8, 4) is 11.5 Å². The predicted octanol–water partition coefficient (Wildman–Crippen LogP) is 6.26. The Morgan fingerprint density at radius 3 is 2.40 bits per heavy atom. The molecule has 0 heterocycles. The van der Waals surface area contributed by atoms with E-state index in [1.165, 1.54) is 43.2 Å². The van der Waals surface area contributed by atoms with Crippen molar-refractivity contribution in [1.29, 1.82) is 0 Å². The highest BCUT2D eigenvalue weighted by atomic mass is 79.9. The lowest BCUT2D eigenvalue weighted by molar-refractivity contribution is -0.0143. The molecular weight excluding hydrogens is 438 g/mol. The van der Waals surface area contributed by atoms with E-state index in [1.807, 2.05) is 6.07 Å². The first-order valence-electron chi connectivity index (χ1n) is 11.4. The maximum Gasteiger partial charge on any atom is 0.167 e. The van der Waals surface area contributed by atoms with Gasteiger partial charge >= 0.3 is 0 Å². The Balaban J connectivity index is 1.34. The Labute approximate surface area is 188 Å². The number of hydrogen-bond acceptors (Lipinski definition) is 3. The van der Waals surface area contributed by atoms with Crippen molar-refractivity contribution in [1.82, 2.24) is 5.32 Å². The number of nitrogens with one attached hydrogen (secondary N) is 1. The zero-order valence-electron chi connectivity index (χ0n) is 18.0. The quantitative estimate of drug-likeness (QED) is 0.518. The molecule has 0 radical (unpaired) electrons. The summed E-state index contributed by atoms with van der Waals surface area (Å²) in [6.07, 6.45) is 7.22. The summed E-state index contributed by atoms with van der Waals surface area (Å²) in [6, 6.07) is 13.2. The predicted molar refractivity (Wildman–Crippen MR) is 124 cm³/mol. The molecule has 6 rings (SSSR count). The molecule has 2 aromatic rings. The van der Waals surface area contributed by atoms with Crippen LogP contribution in [0.1, 0.15) is 48.8 Å². The Hall–Kier alpha value is -1.52. The van der Waals surface area contributed by atoms with Gasteiger partial charge < -0.3 is 14.8 Å². The molecule has 4 bridgehead atoms. The Morgan fingerprint density at radius 2 is 1.73 bits per heavy atom. The van der Waals surface area contributed by atoms with Crippen LogP contribution in [0.4, 0.5) is 0 Å². The zero-order valence-corrected chi connectivity index (χ0v) is 19.6. The number of ether oxygens (including phenoxy) is 2. The molecule has 1 N–H and O–H groups in total. The maximum absolute atomic E-state index is 6.34. The van der Waals surface area contributed by atoms with Crippen LogP contribution in [0.5, 0.6) is 11.5 Å². The Bertz CT molecular complexity index is 884. The molecule has 0 aliphatic heterocycles. The van der Waals surface area contributed by atoms with Gasteiger partial charge in [0.1, 0.15) is 6.61 Å². The van der Waals surface area contributed by atoms with Gasteiger partial charge in [-0.3, -0.25) is 0 Å². The van der Waals surface area contributed by atoms with Crippen molar-refractivity contribution in [2.75, 3.05) is 7.11 Å². The lowest BCUT2D eigenvalue weighted by Gasteiger charge is -2.54. The molecule has 0 atom stereocenters. The van der Waals surface area contributed by atoms with Gasteiger partial charge in [-0.15, -0.1) is 0 Å². The van der Waals surface area contributed by atoms with E-state index in [9.17, 15) is 0 Å². The third-order valence-electron chi connectivity index (χ3n) is 7.59. The fraction of sp³-hybridized carbons (Fsp3) is 0.538. The van der Waals surface area contributed by atoms with Crippen molar-refractivity contribution in [2.24, 2.45) is 23.7 Å². The number of methoxy groups -OCH3 is 1. The molecule has 0 amide bonds. The number of rotatable bonds is 7. The molecule has 4 aliphatic rings. The van der Waals surface area contributed by atoms with Crippen molar-refractivity contribution in [2.45, 2.75) is 58.2 Å². The van der Waals surface area contributed by atoms with Crippen LogP contribution in [0.15, 0.2) is 40.9 Å². The molecule has 4 saturated carbocycles. The first-order valence-corrected chi connectivity index (χ1v) is 12.2. The van der Waals surface area contributed by atoms with E-state index in [1.54, 1.807) is 7.11 Å². The molecule has 4 aliphatic carbocycles. The Morgan fingerprint density at radius 1 is 1.00 bits per heavy atom. The number of aryl methyl sites for hydroxylation is 1. The van der Waals surface area contributed by atoms with Gasteiger partial charge in [0.05, 0.1) is 7.11 Å². The summed E-state index contributed by atoms with van der Waals surface area (Å²) < 4.78 is 13.1. The summed E-state index contributed by atoms with van der Waals surface area (Å²) in [4.78, 5) is 0. The first-order chi connectivity index (χ1) is 14.6. The van der Waals surface area contributed by atoms with Gasteiger partial charge in [-0.05, 0) is 80.4 Å². The molecular formula is C26H32BrNO2. The molecule has 0 saturated heterocycles. The van der Waals surface area contributed by atoms with E-state index < -0.39 is 0 Å². The molecule has 160 valence electrons. The first kappa shape index (κ1) is 20.4. The topological polar surface area (TPSA) is 30.5 Å². The number of hydrogen-bond donors (Lipinski definition) is 1. The lowest BCUT2D eigenvalue weighted by Crippen LogP contribution is -2.54. The van der Waals surface area contributed by atoms with Crippen LogP contribution in [0, 0.1) is 30.6 Å². The SMILES string of the molecule is COc1ccc(Br)c(CNC2C3CC4CC(C3)CC2C4)c1OCc1cccc(C)c1. The van der Waals surface area contributed by atoms with Crippen molar-refractivity contribution in [3.63, 3.8) is 0 Å². The molecule has 3 nitrogen and oxygen atoms in total. The average molecular weight is 470 g/mol. The van der Waals surface area contributed by atoms with Gasteiger partial charge in [0, 0.05) is 22.6 Å². The molecule has 2 aromatic carbocycles. The molecule has 4 heteroatoms. The Kier molecular flexibility index (Phi) is 5.81. The van der Waals surface area contributed by atoms with Crippen LogP contribution in [-0.2, 0) is 13.2 Å². The summed E-state index contributed by atoms with van der Waals surface area (Å²) in [7, 11) is 1.72. The lowest BCUT2D eigenvalue weighted by atomic mass is 9.54. The maximum atomic E-state index is 6.34. The smallest absolute Gasteiger partial charge is 0.167 e. The van der Waals surface area contributed by atoms with E-state index in [0.29, 0.717) is 12.6 Å². The zero-order chi connectivity index (χ0) is 20.7. The van der Waals surface area contributed by atoms with Gasteiger partial charge in [-0.2, -0.15) is 0 Å². The minimum Gasteiger partial charge on any atom is -0.493 e. The summed E-state index contributed by atoms with van der Waals surface area (Å²) in [6.45, 7) is 3.47. The summed E-state index contributed by atoms with van der Waals surface area (Å²) in [5, 5.41) is 3.96. The summed E-state index contributed by atoms with van der Waals surface area (Å²) >= 11 is 3.78. The minimum atomic E-state index is 0.541. The van der Waals surface area contributed by atoms with Gasteiger partial charge in [-0.1, -0.05) is 45.8 Å². The van der Waals surface area contributed by atoms with Gasteiger partial charge in [-0.25, -0.2) is 0 Å². The highest BCUT2D eigenvalue weighted by Gasteiger charge is 2.47. The minimum absolute atomic E-state index is 0.541. The fourth-order valence-electron chi connectivity index (χ4n) is 6.50. The summed E-state index contributed by atoms with van der Waals surface area (Å²) in [5.41, 5.74) is 3.59. The summed E-state index contributed by atoms with van der Waals surface area (Å²) in [5.74, 6) is 5.38. The van der Waals surface area contributed by atoms with Crippen molar-refractivity contribution in [3.05, 3.63) is 57.6 Å². The second kappa shape index (κ2) is 8.55. The number of benzene rings is 2. The van der Waals surface area contributed by atoms with Gasteiger partial charge in [0.25, 0.3) is 0 Å². The van der Waals surface area contributed by atoms with Crippen molar-refractivity contribution >= 4 is 15.9 Å². The van der Waals surface area contributed by atoms with Gasteiger partial charge in [0.15, 0.2) is 11.5 Å². The molecule has 0 aromatic heterocycles. The second-order valence-electron chi connectivity index (χ2n) is 9.67. The van der Waals surface area contributed by atoms with E-state index >= 15 is 0 Å². The van der Waals surface area contributed by atoms with Crippen LogP contribution >= 0.6 is 15.9 Å². The van der Waals surface area contributed by atoms with E-state index in [0.717, 1.165) is 51.8 Å².